The number of nitrogens with one attached hydrogen (secondary N) is 3. The molecule has 6 nitrogen and oxygen atoms in total. The van der Waals surface area contributed by atoms with Gasteiger partial charge in [0.05, 0.1) is 12.6 Å². The Balaban J connectivity index is 0.00000676. The molecule has 0 saturated carbocycles. The molecule has 1 aromatic carbocycles. The Morgan fingerprint density at radius 3 is 2.41 bits per heavy atom. The molecule has 0 fully saturated rings. The highest BCUT2D eigenvalue weighted by Gasteiger charge is 2.13. The number of nitrogens with zero attached hydrogens (tertiary/aromatic N) is 1. The Labute approximate surface area is 181 Å². The van der Waals surface area contributed by atoms with Crippen LogP contribution in [0.3, 0.4) is 0 Å². The quantitative estimate of drug-likeness (QED) is 0.253. The van der Waals surface area contributed by atoms with Gasteiger partial charge in [0.15, 0.2) is 5.96 Å². The largest absolute Gasteiger partial charge is 0.378 e. The van der Waals surface area contributed by atoms with Gasteiger partial charge in [0.25, 0.3) is 0 Å². The van der Waals surface area contributed by atoms with Crippen LogP contribution in [0.5, 0.6) is 0 Å². The summed E-state index contributed by atoms with van der Waals surface area (Å²) in [4.78, 5) is 16.1. The highest BCUT2D eigenvalue weighted by atomic mass is 127. The molecular weight excluding hydrogens is 455 g/mol. The van der Waals surface area contributed by atoms with Gasteiger partial charge in [-0.15, -0.1) is 24.0 Å². The van der Waals surface area contributed by atoms with Crippen molar-refractivity contribution in [1.29, 1.82) is 0 Å². The number of carbonyl (C=O) groups excluding carboxylic acids is 1. The Kier molecular flexibility index (Phi) is 14.9. The average molecular weight is 490 g/mol. The third-order valence-electron chi connectivity index (χ3n) is 4.06. The lowest BCUT2D eigenvalue weighted by molar-refractivity contribution is -0.119. The molecule has 0 bridgehead atoms. The Morgan fingerprint density at radius 1 is 1.11 bits per heavy atom. The zero-order valence-electron chi connectivity index (χ0n) is 17.0. The molecule has 1 rings (SSSR count). The van der Waals surface area contributed by atoms with Crippen molar-refractivity contribution in [3.63, 3.8) is 0 Å². The molecular formula is C20H35IN4O2. The van der Waals surface area contributed by atoms with Crippen LogP contribution in [0.2, 0.25) is 0 Å². The maximum atomic E-state index is 11.9. The van der Waals surface area contributed by atoms with Crippen molar-refractivity contribution >= 4 is 35.8 Å². The number of carbonyl (C=O) groups is 1. The standard InChI is InChI=1S/C20H34N4O2.HI/c1-5-26-18(16(2)3)12-14-23-20(21-4)24-15-19(25)22-13-11-17-9-7-6-8-10-17;/h6-10,16,18H,5,11-15H2,1-4H3,(H,22,25)(H2,21,23,24);1H. The van der Waals surface area contributed by atoms with Crippen molar-refractivity contribution < 1.29 is 9.53 Å². The van der Waals surface area contributed by atoms with Gasteiger partial charge < -0.3 is 20.7 Å². The third kappa shape index (κ3) is 11.9. The van der Waals surface area contributed by atoms with Crippen LogP contribution in [0.4, 0.5) is 0 Å². The molecule has 0 aromatic heterocycles. The molecule has 0 aliphatic rings. The molecule has 1 amide bonds. The van der Waals surface area contributed by atoms with Crippen LogP contribution in [0.1, 0.15) is 32.8 Å². The van der Waals surface area contributed by atoms with Gasteiger partial charge in [0, 0.05) is 26.7 Å². The van der Waals surface area contributed by atoms with Crippen molar-refractivity contribution in [2.75, 3.05) is 33.3 Å². The van der Waals surface area contributed by atoms with Crippen LogP contribution in [0.25, 0.3) is 0 Å². The maximum absolute atomic E-state index is 11.9. The number of rotatable bonds is 11. The van der Waals surface area contributed by atoms with E-state index in [-0.39, 0.29) is 42.5 Å². The summed E-state index contributed by atoms with van der Waals surface area (Å²) in [6.07, 6.45) is 1.95. The van der Waals surface area contributed by atoms with Crippen molar-refractivity contribution in [3.05, 3.63) is 35.9 Å². The summed E-state index contributed by atoms with van der Waals surface area (Å²) >= 11 is 0. The fraction of sp³-hybridized carbons (Fsp3) is 0.600. The van der Waals surface area contributed by atoms with E-state index in [1.165, 1.54) is 5.56 Å². The minimum Gasteiger partial charge on any atom is -0.378 e. The fourth-order valence-electron chi connectivity index (χ4n) is 2.59. The SMILES string of the molecule is CCOC(CCNC(=NC)NCC(=O)NCCc1ccccc1)C(C)C.I. The zero-order chi connectivity index (χ0) is 19.2. The van der Waals surface area contributed by atoms with Crippen LogP contribution >= 0.6 is 24.0 Å². The van der Waals surface area contributed by atoms with Gasteiger partial charge in [-0.05, 0) is 31.2 Å². The number of aliphatic imine (C=N–C) groups is 1. The summed E-state index contributed by atoms with van der Waals surface area (Å²) in [6.45, 7) is 8.63. The van der Waals surface area contributed by atoms with E-state index in [1.54, 1.807) is 7.05 Å². The minimum atomic E-state index is -0.0433. The van der Waals surface area contributed by atoms with Gasteiger partial charge in [0.2, 0.25) is 5.91 Å². The first-order chi connectivity index (χ1) is 12.6. The second kappa shape index (κ2) is 15.7. The number of hydrogen-bond acceptors (Lipinski definition) is 3. The lowest BCUT2D eigenvalue weighted by atomic mass is 10.0. The van der Waals surface area contributed by atoms with Crippen LogP contribution < -0.4 is 16.0 Å². The molecule has 1 atom stereocenters. The number of ether oxygens (including phenoxy) is 1. The monoisotopic (exact) mass is 490 g/mol. The van der Waals surface area contributed by atoms with E-state index >= 15 is 0 Å². The van der Waals surface area contributed by atoms with Crippen molar-refractivity contribution in [3.8, 4) is 0 Å². The summed E-state index contributed by atoms with van der Waals surface area (Å²) < 4.78 is 5.73. The lowest BCUT2D eigenvalue weighted by Crippen LogP contribution is -2.44. The van der Waals surface area contributed by atoms with Gasteiger partial charge in [-0.2, -0.15) is 0 Å². The van der Waals surface area contributed by atoms with E-state index < -0.39 is 0 Å². The molecule has 0 spiro atoms. The molecule has 3 N–H and O–H groups in total. The van der Waals surface area contributed by atoms with Crippen molar-refractivity contribution in [2.24, 2.45) is 10.9 Å². The van der Waals surface area contributed by atoms with E-state index in [9.17, 15) is 4.79 Å². The van der Waals surface area contributed by atoms with Crippen LogP contribution in [-0.2, 0) is 16.0 Å². The van der Waals surface area contributed by atoms with E-state index in [1.807, 2.05) is 25.1 Å². The molecule has 0 saturated heterocycles. The second-order valence-corrected chi connectivity index (χ2v) is 6.46. The van der Waals surface area contributed by atoms with Crippen molar-refractivity contribution in [2.45, 2.75) is 39.7 Å². The highest BCUT2D eigenvalue weighted by molar-refractivity contribution is 14.0. The average Bonchev–Trinajstić information content (AvgIpc) is 2.64. The lowest BCUT2D eigenvalue weighted by Gasteiger charge is -2.21. The topological polar surface area (TPSA) is 74.8 Å². The Bertz CT molecular complexity index is 538. The van der Waals surface area contributed by atoms with Crippen molar-refractivity contribution in [1.82, 2.24) is 16.0 Å². The molecule has 0 heterocycles. The molecule has 1 aromatic rings. The zero-order valence-corrected chi connectivity index (χ0v) is 19.3. The number of hydrogen-bond donors (Lipinski definition) is 3. The molecule has 27 heavy (non-hydrogen) atoms. The molecule has 154 valence electrons. The van der Waals surface area contributed by atoms with Gasteiger partial charge >= 0.3 is 0 Å². The van der Waals surface area contributed by atoms with E-state index in [4.69, 9.17) is 4.74 Å². The number of halogens is 1. The van der Waals surface area contributed by atoms with E-state index in [0.29, 0.717) is 18.4 Å². The van der Waals surface area contributed by atoms with Gasteiger partial charge in [-0.25, -0.2) is 0 Å². The molecule has 0 aliphatic heterocycles. The summed E-state index contributed by atoms with van der Waals surface area (Å²) in [5.41, 5.74) is 1.22. The van der Waals surface area contributed by atoms with Crippen LogP contribution in [-0.4, -0.2) is 51.3 Å². The van der Waals surface area contributed by atoms with E-state index in [2.05, 4.69) is 46.9 Å². The first kappa shape index (κ1) is 25.6. The number of amides is 1. The summed E-state index contributed by atoms with van der Waals surface area (Å²) in [6, 6.07) is 10.1. The minimum absolute atomic E-state index is 0. The van der Waals surface area contributed by atoms with Gasteiger partial charge in [-0.1, -0.05) is 44.2 Å². The van der Waals surface area contributed by atoms with Crippen LogP contribution in [0, 0.1) is 5.92 Å². The Morgan fingerprint density at radius 2 is 1.81 bits per heavy atom. The predicted molar refractivity (Wildman–Crippen MR) is 123 cm³/mol. The molecule has 0 radical (unpaired) electrons. The first-order valence-corrected chi connectivity index (χ1v) is 9.43. The summed E-state index contributed by atoms with van der Waals surface area (Å²) in [5.74, 6) is 1.06. The number of guanidine groups is 1. The molecule has 1 unspecified atom stereocenters. The Hall–Kier alpha value is -1.35. The summed E-state index contributed by atoms with van der Waals surface area (Å²) in [7, 11) is 1.70. The van der Waals surface area contributed by atoms with Gasteiger partial charge in [0.1, 0.15) is 0 Å². The summed E-state index contributed by atoms with van der Waals surface area (Å²) in [5, 5.41) is 9.18. The number of benzene rings is 1. The normalized spacial score (nSPS) is 12.3. The smallest absolute Gasteiger partial charge is 0.239 e. The third-order valence-corrected chi connectivity index (χ3v) is 4.06. The van der Waals surface area contributed by atoms with Crippen LogP contribution in [0.15, 0.2) is 35.3 Å². The maximum Gasteiger partial charge on any atom is 0.239 e. The second-order valence-electron chi connectivity index (χ2n) is 6.46. The predicted octanol–water partition coefficient (Wildman–Crippen LogP) is 2.58. The molecule has 7 heteroatoms. The first-order valence-electron chi connectivity index (χ1n) is 9.43. The van der Waals surface area contributed by atoms with E-state index in [0.717, 1.165) is 26.0 Å². The van der Waals surface area contributed by atoms with Gasteiger partial charge in [-0.3, -0.25) is 9.79 Å². The molecule has 0 aliphatic carbocycles. The highest BCUT2D eigenvalue weighted by Crippen LogP contribution is 2.09. The fourth-order valence-corrected chi connectivity index (χ4v) is 2.59.